The van der Waals surface area contributed by atoms with Gasteiger partial charge in [0, 0.05) is 73.6 Å². The Hall–Kier alpha value is -10.5. The van der Waals surface area contributed by atoms with Crippen molar-refractivity contribution in [1.82, 2.24) is 0 Å². The minimum atomic E-state index is -0.363. The molecule has 5 aromatic carbocycles. The Kier molecular flexibility index (Phi) is 23.6. The number of carbonyl (C=O) groups is 2. The lowest BCUT2D eigenvalue weighted by atomic mass is 9.87. The maximum atomic E-state index is 12.1. The van der Waals surface area contributed by atoms with Crippen molar-refractivity contribution in [3.8, 4) is 84.9 Å². The molecule has 0 fully saturated rings. The average molecular weight is 1380 g/mol. The van der Waals surface area contributed by atoms with E-state index in [9.17, 15) is 19.7 Å². The number of nitro groups is 1. The van der Waals surface area contributed by atoms with Gasteiger partial charge in [-0.25, -0.2) is 13.7 Å². The highest BCUT2D eigenvalue weighted by atomic mass is 35.5. The monoisotopic (exact) mass is 1380 g/mol. The summed E-state index contributed by atoms with van der Waals surface area (Å²) < 4.78 is 32.5. The molecular weight excluding hydrogens is 1300 g/mol. The summed E-state index contributed by atoms with van der Waals surface area (Å²) >= 11 is 13.7. The fraction of sp³-hybridized carbons (Fsp3) is 0.207. The topological polar surface area (TPSA) is 138 Å². The van der Waals surface area contributed by atoms with E-state index in [-0.39, 0.29) is 22.2 Å². The molecule has 12 aromatic rings. The molecule has 14 nitrogen and oxygen atoms in total. The zero-order valence-corrected chi connectivity index (χ0v) is 60.0. The standard InChI is InChI=1S/C19H18NO3.C19H24NO.C19H18N.C14H11N2O2S.C11H10Cl2NO2/c1-4-23-13-7-8-20(3)17(10-13)14-11-16-15(9-12(14)2)18(21)5-6-19(16)22;1-4-21-17-9-10-19(20(3)13-17)18-12-16-8-6-5-7-15(16)11-14(18)2;1-15-14-17(16-8-4-3-5-9-16)11-12-18(15)19-10-6-7-13-20(19)2;1-15-7-6-10(16(17)18)8-13(15)12-9-19-14-5-3-2-4-11(12)14;1-14-5-8(12)4-9(13)11(14)7-3-10(15-2)16-6-7/h5-11H,4H2,1-3H3;9-13H,4-8H2,1-3H3;3-14H,1-2H3;2-9H,1H3;3-6H,1-2H3/q5*+1. The lowest BCUT2D eigenvalue weighted by Crippen LogP contribution is -2.31. The molecular formula is C82H81Cl2N6O8S+5. The van der Waals surface area contributed by atoms with E-state index in [1.807, 2.05) is 97.5 Å². The van der Waals surface area contributed by atoms with Crippen LogP contribution in [0.15, 0.2) is 223 Å². The summed E-state index contributed by atoms with van der Waals surface area (Å²) in [5.74, 6) is 1.89. The minimum Gasteiger partial charge on any atom is -0.493 e. The van der Waals surface area contributed by atoms with E-state index in [0.717, 1.165) is 56.2 Å². The Bertz CT molecular complexity index is 4960. The predicted octanol–water partition coefficient (Wildman–Crippen LogP) is 17.1. The van der Waals surface area contributed by atoms with Crippen LogP contribution in [-0.4, -0.2) is 36.8 Å². The molecule has 0 unspecified atom stereocenters. The van der Waals surface area contributed by atoms with Crippen molar-refractivity contribution in [1.29, 1.82) is 0 Å². The number of aryl methyl sites for hydroxylation is 10. The van der Waals surface area contributed by atoms with Crippen LogP contribution in [0.4, 0.5) is 5.69 Å². The number of hydrogen-bond acceptors (Lipinski definition) is 9. The molecule has 17 heteroatoms. The summed E-state index contributed by atoms with van der Waals surface area (Å²) in [6, 6.07) is 54.6. The fourth-order valence-electron chi connectivity index (χ4n) is 12.3. The summed E-state index contributed by atoms with van der Waals surface area (Å²) in [5, 5.41) is 15.2. The number of allylic oxidation sites excluding steroid dienone is 2. The lowest BCUT2D eigenvalue weighted by Gasteiger charge is -2.18. The first-order valence-electron chi connectivity index (χ1n) is 32.7. The Balaban J connectivity index is 0.000000134. The van der Waals surface area contributed by atoms with Gasteiger partial charge in [-0.3, -0.25) is 19.7 Å². The molecule has 0 saturated carbocycles. The normalized spacial score (nSPS) is 11.9. The molecule has 502 valence electrons. The van der Waals surface area contributed by atoms with Crippen molar-refractivity contribution in [2.45, 2.75) is 60.3 Å². The number of hydrogen-bond donors (Lipinski definition) is 0. The van der Waals surface area contributed by atoms with Crippen LogP contribution in [0.1, 0.15) is 75.2 Å². The molecule has 99 heavy (non-hydrogen) atoms. The molecule has 7 aromatic heterocycles. The number of methoxy groups -OCH3 is 1. The van der Waals surface area contributed by atoms with E-state index in [4.69, 9.17) is 41.8 Å². The molecule has 0 radical (unpaired) electrons. The Morgan fingerprint density at radius 3 is 1.81 bits per heavy atom. The average Bonchev–Trinajstić information content (AvgIpc) is 1.12. The van der Waals surface area contributed by atoms with Crippen molar-refractivity contribution in [3.05, 3.63) is 278 Å². The smallest absolute Gasteiger partial charge is 0.284 e. The number of benzene rings is 5. The Labute approximate surface area is 592 Å². The number of nitrogens with zero attached hydrogens (tertiary/aromatic N) is 6. The van der Waals surface area contributed by atoms with Gasteiger partial charge in [-0.2, -0.15) is 9.13 Å². The van der Waals surface area contributed by atoms with Gasteiger partial charge < -0.3 is 18.6 Å². The van der Waals surface area contributed by atoms with Crippen LogP contribution in [-0.2, 0) is 48.1 Å². The summed E-state index contributed by atoms with van der Waals surface area (Å²) in [6.07, 6.45) is 19.0. The van der Waals surface area contributed by atoms with Crippen molar-refractivity contribution < 1.29 is 56.0 Å². The van der Waals surface area contributed by atoms with Crippen LogP contribution in [0.2, 0.25) is 10.0 Å². The molecule has 14 rings (SSSR count). The first-order valence-corrected chi connectivity index (χ1v) is 34.4. The van der Waals surface area contributed by atoms with Gasteiger partial charge in [-0.1, -0.05) is 89.9 Å². The molecule has 2 aliphatic carbocycles. The van der Waals surface area contributed by atoms with Crippen molar-refractivity contribution in [2.75, 3.05) is 20.3 Å². The number of ketones is 2. The molecule has 0 atom stereocenters. The summed E-state index contributed by atoms with van der Waals surface area (Å²) in [5.41, 5.74) is 20.8. The van der Waals surface area contributed by atoms with E-state index in [0.29, 0.717) is 40.3 Å². The van der Waals surface area contributed by atoms with Crippen molar-refractivity contribution in [2.24, 2.45) is 35.2 Å². The van der Waals surface area contributed by atoms with Gasteiger partial charge in [0.25, 0.3) is 11.6 Å². The third-order valence-corrected chi connectivity index (χ3v) is 18.8. The van der Waals surface area contributed by atoms with Gasteiger partial charge in [0.1, 0.15) is 57.3 Å². The quantitative estimate of drug-likeness (QED) is 0.0670. The van der Waals surface area contributed by atoms with E-state index in [1.165, 1.54) is 98.9 Å². The highest BCUT2D eigenvalue weighted by molar-refractivity contribution is 7.17. The number of rotatable bonds is 12. The minimum absolute atomic E-state index is 0.114. The fourth-order valence-corrected chi connectivity index (χ4v) is 13.9. The number of pyridine rings is 5. The number of aromatic nitrogens is 5. The number of halogens is 2. The summed E-state index contributed by atoms with van der Waals surface area (Å²) in [7, 11) is 11.4. The van der Waals surface area contributed by atoms with E-state index >= 15 is 0 Å². The second-order valence-corrected chi connectivity index (χ2v) is 26.0. The molecule has 0 saturated heterocycles. The highest BCUT2D eigenvalue weighted by Gasteiger charge is 2.26. The molecule has 0 aliphatic heterocycles. The second-order valence-electron chi connectivity index (χ2n) is 24.2. The largest absolute Gasteiger partial charge is 0.493 e. The van der Waals surface area contributed by atoms with Crippen molar-refractivity contribution in [3.63, 3.8) is 0 Å². The van der Waals surface area contributed by atoms with Crippen molar-refractivity contribution >= 4 is 61.9 Å². The first-order chi connectivity index (χ1) is 47.7. The van der Waals surface area contributed by atoms with Crippen LogP contribution in [0.5, 0.6) is 17.4 Å². The van der Waals surface area contributed by atoms with Crippen LogP contribution < -0.4 is 37.0 Å². The molecule has 0 N–H and O–H groups in total. The van der Waals surface area contributed by atoms with Gasteiger partial charge >= 0.3 is 0 Å². The highest BCUT2D eigenvalue weighted by Crippen LogP contribution is 2.36. The van der Waals surface area contributed by atoms with Gasteiger partial charge in [-0.05, 0) is 160 Å². The van der Waals surface area contributed by atoms with Crippen LogP contribution >= 0.6 is 34.5 Å². The number of fused-ring (bicyclic) bond motifs is 3. The number of ether oxygens (including phenoxy) is 3. The second kappa shape index (κ2) is 32.7. The number of furan rings is 1. The van der Waals surface area contributed by atoms with Crippen LogP contribution in [0.25, 0.3) is 77.5 Å². The zero-order chi connectivity index (χ0) is 70.4. The Morgan fingerprint density at radius 2 is 1.14 bits per heavy atom. The van der Waals surface area contributed by atoms with E-state index in [1.54, 1.807) is 73.0 Å². The Morgan fingerprint density at radius 1 is 0.525 bits per heavy atom. The molecule has 0 amide bonds. The van der Waals surface area contributed by atoms with E-state index < -0.39 is 0 Å². The zero-order valence-electron chi connectivity index (χ0n) is 57.6. The maximum absolute atomic E-state index is 12.1. The number of thiophene rings is 1. The van der Waals surface area contributed by atoms with Crippen LogP contribution in [0.3, 0.4) is 0 Å². The van der Waals surface area contributed by atoms with Gasteiger partial charge in [-0.15, -0.1) is 11.3 Å². The molecule has 7 heterocycles. The molecule has 0 bridgehead atoms. The lowest BCUT2D eigenvalue weighted by molar-refractivity contribution is -0.660. The van der Waals surface area contributed by atoms with E-state index in [2.05, 4.69) is 147 Å². The molecule has 0 spiro atoms. The third-order valence-electron chi connectivity index (χ3n) is 17.3. The maximum Gasteiger partial charge on any atom is 0.284 e. The SMILES string of the molecule is CCOc1cc[n+](C)c(-c2cc3c(cc2C)C(=O)C=CC3=O)c1.CCOc1ccc(-c2cc3c(cc2C)CCCC3)[n+](C)c1.COc1cc(-c2c(Cl)cc(Cl)c[n+]2C)co1.C[n+]1ccc([N+](=O)[O-])cc1-c1csc2ccccc12.Cc1cc(-c2ccccc2)ccc1-c1cccc[n+]1C. The van der Waals surface area contributed by atoms with Crippen LogP contribution in [0, 0.1) is 30.9 Å². The summed E-state index contributed by atoms with van der Waals surface area (Å²) in [4.78, 5) is 34.6. The van der Waals surface area contributed by atoms with Gasteiger partial charge in [0.05, 0.1) is 54.6 Å². The predicted molar refractivity (Wildman–Crippen MR) is 393 cm³/mol. The summed E-state index contributed by atoms with van der Waals surface area (Å²) in [6.45, 7) is 11.6. The van der Waals surface area contributed by atoms with Gasteiger partial charge in [0.15, 0.2) is 42.1 Å². The van der Waals surface area contributed by atoms with Gasteiger partial charge in [0.2, 0.25) is 34.7 Å². The number of carbonyl (C=O) groups excluding carboxylic acids is 2. The molecule has 2 aliphatic rings. The third kappa shape index (κ3) is 17.1. The first kappa shape index (κ1) is 71.3.